The van der Waals surface area contributed by atoms with Crippen molar-refractivity contribution in [3.05, 3.63) is 67.6 Å². The Kier molecular flexibility index (Phi) is 6.76. The van der Waals surface area contributed by atoms with Crippen molar-refractivity contribution in [2.45, 2.75) is 0 Å². The van der Waals surface area contributed by atoms with Crippen LogP contribution in [0.2, 0.25) is 5.02 Å². The summed E-state index contributed by atoms with van der Waals surface area (Å²) in [5, 5.41) is 11.2. The first-order chi connectivity index (χ1) is 13.9. The lowest BCUT2D eigenvalue weighted by Crippen LogP contribution is -2.48. The summed E-state index contributed by atoms with van der Waals surface area (Å²) < 4.78 is 6.22. The number of non-ortho nitro benzene ring substituents is 1. The van der Waals surface area contributed by atoms with Crippen molar-refractivity contribution in [3.8, 4) is 5.75 Å². The molecule has 0 radical (unpaired) electrons. The van der Waals surface area contributed by atoms with E-state index in [1.807, 2.05) is 23.1 Å². The van der Waals surface area contributed by atoms with Crippen molar-refractivity contribution >= 4 is 50.9 Å². The van der Waals surface area contributed by atoms with E-state index in [0.29, 0.717) is 37.0 Å². The molecule has 1 amide bonds. The van der Waals surface area contributed by atoms with E-state index in [-0.39, 0.29) is 11.6 Å². The van der Waals surface area contributed by atoms with E-state index in [0.717, 1.165) is 15.7 Å². The van der Waals surface area contributed by atoms with Gasteiger partial charge >= 0.3 is 0 Å². The minimum atomic E-state index is -0.473. The first-order valence-corrected chi connectivity index (χ1v) is 10.1. The monoisotopic (exact) mass is 479 g/mol. The van der Waals surface area contributed by atoms with E-state index in [1.165, 1.54) is 12.1 Å². The molecule has 152 valence electrons. The van der Waals surface area contributed by atoms with E-state index in [1.54, 1.807) is 30.2 Å². The lowest BCUT2D eigenvalue weighted by atomic mass is 10.2. The quantitative estimate of drug-likeness (QED) is 0.361. The fourth-order valence-corrected chi connectivity index (χ4v) is 3.81. The molecule has 2 aromatic carbocycles. The molecule has 1 saturated heterocycles. The standard InChI is InChI=1S/C20H19BrClN3O4/c1-29-19-6-3-15(21)12-14(19)2-7-20(26)24-10-8-23(9-11-24)18-5-4-16(25(27)28)13-17(18)22/h2-7,12-13H,8-11H2,1H3/b7-2+. The number of anilines is 1. The zero-order valence-corrected chi connectivity index (χ0v) is 18.0. The highest BCUT2D eigenvalue weighted by Gasteiger charge is 2.22. The zero-order chi connectivity index (χ0) is 21.0. The second-order valence-corrected chi connectivity index (χ2v) is 7.75. The van der Waals surface area contributed by atoms with Crippen LogP contribution in [0.1, 0.15) is 5.56 Å². The number of methoxy groups -OCH3 is 1. The van der Waals surface area contributed by atoms with Crippen LogP contribution in [0.4, 0.5) is 11.4 Å². The number of ether oxygens (including phenoxy) is 1. The summed E-state index contributed by atoms with van der Waals surface area (Å²) in [5.41, 5.74) is 1.51. The van der Waals surface area contributed by atoms with E-state index in [4.69, 9.17) is 16.3 Å². The van der Waals surface area contributed by atoms with Crippen molar-refractivity contribution in [1.82, 2.24) is 4.90 Å². The molecule has 3 rings (SSSR count). The third-order valence-corrected chi connectivity index (χ3v) is 5.47. The maximum atomic E-state index is 12.6. The lowest BCUT2D eigenvalue weighted by Gasteiger charge is -2.36. The molecule has 7 nitrogen and oxygen atoms in total. The molecular formula is C20H19BrClN3O4. The molecule has 29 heavy (non-hydrogen) atoms. The first kappa shape index (κ1) is 21.1. The summed E-state index contributed by atoms with van der Waals surface area (Å²) in [7, 11) is 1.59. The third-order valence-electron chi connectivity index (χ3n) is 4.67. The van der Waals surface area contributed by atoms with Gasteiger partial charge in [0.25, 0.3) is 5.69 Å². The molecule has 0 saturated carbocycles. The number of amides is 1. The van der Waals surface area contributed by atoms with Gasteiger partial charge in [-0.3, -0.25) is 14.9 Å². The molecule has 1 fully saturated rings. The number of halogens is 2. The van der Waals surface area contributed by atoms with Crippen LogP contribution in [0, 0.1) is 10.1 Å². The van der Waals surface area contributed by atoms with Crippen molar-refractivity contribution in [2.24, 2.45) is 0 Å². The Balaban J connectivity index is 1.63. The summed E-state index contributed by atoms with van der Waals surface area (Å²) in [6, 6.07) is 10.0. The molecule has 0 unspecified atom stereocenters. The normalized spacial score (nSPS) is 14.3. The molecule has 9 heteroatoms. The van der Waals surface area contributed by atoms with Gasteiger partial charge in [0.15, 0.2) is 0 Å². The van der Waals surface area contributed by atoms with Gasteiger partial charge in [-0.05, 0) is 30.3 Å². The SMILES string of the molecule is COc1ccc(Br)cc1/C=C/C(=O)N1CCN(c2ccc([N+](=O)[O-])cc2Cl)CC1. The van der Waals surface area contributed by atoms with E-state index in [2.05, 4.69) is 15.9 Å². The van der Waals surface area contributed by atoms with E-state index in [9.17, 15) is 14.9 Å². The number of nitro groups is 1. The molecule has 0 bridgehead atoms. The number of carbonyl (C=O) groups excluding carboxylic acids is 1. The second-order valence-electron chi connectivity index (χ2n) is 6.42. The van der Waals surface area contributed by atoms with Crippen molar-refractivity contribution in [1.29, 1.82) is 0 Å². The van der Waals surface area contributed by atoms with Crippen LogP contribution in [0.5, 0.6) is 5.75 Å². The van der Waals surface area contributed by atoms with Gasteiger partial charge in [0.1, 0.15) is 5.75 Å². The minimum absolute atomic E-state index is 0.0410. The number of benzene rings is 2. The van der Waals surface area contributed by atoms with Crippen LogP contribution >= 0.6 is 27.5 Å². The van der Waals surface area contributed by atoms with E-state index >= 15 is 0 Å². The molecule has 1 aliphatic rings. The van der Waals surface area contributed by atoms with Crippen LogP contribution < -0.4 is 9.64 Å². The summed E-state index contributed by atoms with van der Waals surface area (Å²) in [4.78, 5) is 26.7. The largest absolute Gasteiger partial charge is 0.496 e. The number of carbonyl (C=O) groups is 1. The van der Waals surface area contributed by atoms with Crippen molar-refractivity contribution < 1.29 is 14.5 Å². The molecule has 1 heterocycles. The summed E-state index contributed by atoms with van der Waals surface area (Å²) >= 11 is 9.63. The van der Waals surface area contributed by atoms with Gasteiger partial charge in [0, 0.05) is 54.4 Å². The zero-order valence-electron chi connectivity index (χ0n) is 15.7. The van der Waals surface area contributed by atoms with Gasteiger partial charge < -0.3 is 14.5 Å². The lowest BCUT2D eigenvalue weighted by molar-refractivity contribution is -0.384. The highest BCUT2D eigenvalue weighted by Crippen LogP contribution is 2.30. The Hall–Kier alpha value is -2.58. The molecule has 0 aromatic heterocycles. The Labute approximate surface area is 181 Å². The van der Waals surface area contributed by atoms with Gasteiger partial charge in [0.2, 0.25) is 5.91 Å². The average molecular weight is 481 g/mol. The Morgan fingerprint density at radius 1 is 1.21 bits per heavy atom. The fraction of sp³-hybridized carbons (Fsp3) is 0.250. The Bertz CT molecular complexity index is 959. The van der Waals surface area contributed by atoms with Gasteiger partial charge in [-0.2, -0.15) is 0 Å². The van der Waals surface area contributed by atoms with Crippen LogP contribution in [0.25, 0.3) is 6.08 Å². The number of piperazine rings is 1. The number of nitro benzene ring substituents is 1. The van der Waals surface area contributed by atoms with Crippen LogP contribution in [0.15, 0.2) is 46.9 Å². The predicted octanol–water partition coefficient (Wildman–Crippen LogP) is 4.38. The van der Waals surface area contributed by atoms with Gasteiger partial charge in [0.05, 0.1) is 22.7 Å². The molecule has 0 aliphatic carbocycles. The van der Waals surface area contributed by atoms with Gasteiger partial charge in [-0.15, -0.1) is 0 Å². The van der Waals surface area contributed by atoms with Crippen LogP contribution in [0.3, 0.4) is 0 Å². The highest BCUT2D eigenvalue weighted by atomic mass is 79.9. The smallest absolute Gasteiger partial charge is 0.271 e. The number of nitrogens with zero attached hydrogens (tertiary/aromatic N) is 3. The molecule has 1 aliphatic heterocycles. The highest BCUT2D eigenvalue weighted by molar-refractivity contribution is 9.10. The fourth-order valence-electron chi connectivity index (χ4n) is 3.14. The van der Waals surface area contributed by atoms with Crippen molar-refractivity contribution in [3.63, 3.8) is 0 Å². The minimum Gasteiger partial charge on any atom is -0.496 e. The molecular weight excluding hydrogens is 462 g/mol. The maximum absolute atomic E-state index is 12.6. The Morgan fingerprint density at radius 2 is 1.93 bits per heavy atom. The predicted molar refractivity (Wildman–Crippen MR) is 117 cm³/mol. The molecule has 0 N–H and O–H groups in total. The average Bonchev–Trinajstić information content (AvgIpc) is 2.72. The van der Waals surface area contributed by atoms with Crippen LogP contribution in [-0.4, -0.2) is 49.0 Å². The van der Waals surface area contributed by atoms with E-state index < -0.39 is 4.92 Å². The first-order valence-electron chi connectivity index (χ1n) is 8.88. The second kappa shape index (κ2) is 9.28. The molecule has 0 spiro atoms. The number of hydrogen-bond acceptors (Lipinski definition) is 5. The summed E-state index contributed by atoms with van der Waals surface area (Å²) in [5.74, 6) is 0.608. The number of hydrogen-bond donors (Lipinski definition) is 0. The topological polar surface area (TPSA) is 75.9 Å². The summed E-state index contributed by atoms with van der Waals surface area (Å²) in [6.45, 7) is 2.26. The van der Waals surface area contributed by atoms with Gasteiger partial charge in [-0.25, -0.2) is 0 Å². The van der Waals surface area contributed by atoms with Gasteiger partial charge in [-0.1, -0.05) is 27.5 Å². The number of rotatable bonds is 5. The molecule has 2 aromatic rings. The third kappa shape index (κ3) is 5.07. The Morgan fingerprint density at radius 3 is 2.55 bits per heavy atom. The summed E-state index contributed by atoms with van der Waals surface area (Å²) in [6.07, 6.45) is 3.28. The van der Waals surface area contributed by atoms with Crippen LogP contribution in [-0.2, 0) is 4.79 Å². The maximum Gasteiger partial charge on any atom is 0.271 e. The molecule has 0 atom stereocenters. The van der Waals surface area contributed by atoms with Crippen molar-refractivity contribution in [2.75, 3.05) is 38.2 Å².